The van der Waals surface area contributed by atoms with Crippen LogP contribution in [0.5, 0.6) is 0 Å². The van der Waals surface area contributed by atoms with Gasteiger partial charge in [-0.05, 0) is 51.7 Å². The molecule has 0 saturated carbocycles. The number of hydrogen-bond acceptors (Lipinski definition) is 3. The van der Waals surface area contributed by atoms with Crippen LogP contribution in [0.15, 0.2) is 64.2 Å². The molecule has 0 fully saturated rings. The fourth-order valence-corrected chi connectivity index (χ4v) is 4.81. The Kier molecular flexibility index (Phi) is 4.80. The summed E-state index contributed by atoms with van der Waals surface area (Å²) in [5.41, 5.74) is 1.04. The Labute approximate surface area is 141 Å². The molecule has 2 aromatic carbocycles. The predicted octanol–water partition coefficient (Wildman–Crippen LogP) is 4.50. The van der Waals surface area contributed by atoms with Crippen molar-refractivity contribution in [1.29, 1.82) is 0 Å². The summed E-state index contributed by atoms with van der Waals surface area (Å²) >= 11 is 1.59. The number of benzene rings is 2. The lowest BCUT2D eigenvalue weighted by molar-refractivity contribution is 0.406. The van der Waals surface area contributed by atoms with E-state index in [1.807, 2.05) is 54.1 Å². The standard InChI is InChI=1S/C18H19NO2S2/c1-2-10-19(13-15-9-11-22-14-15)23(20,21)18-8-7-16-5-3-4-6-17(16)12-18/h3-9,11-12,14H,2,10,13H2,1H3. The van der Waals surface area contributed by atoms with Crippen molar-refractivity contribution in [3.05, 3.63) is 64.9 Å². The van der Waals surface area contributed by atoms with Gasteiger partial charge in [-0.1, -0.05) is 37.3 Å². The normalized spacial score (nSPS) is 12.1. The number of sulfonamides is 1. The van der Waals surface area contributed by atoms with E-state index in [0.717, 1.165) is 22.8 Å². The van der Waals surface area contributed by atoms with Crippen molar-refractivity contribution in [1.82, 2.24) is 4.31 Å². The van der Waals surface area contributed by atoms with Gasteiger partial charge < -0.3 is 0 Å². The minimum Gasteiger partial charge on any atom is -0.207 e. The Morgan fingerprint density at radius 2 is 1.83 bits per heavy atom. The summed E-state index contributed by atoms with van der Waals surface area (Å²) in [5, 5.41) is 5.97. The highest BCUT2D eigenvalue weighted by molar-refractivity contribution is 7.89. The molecule has 0 N–H and O–H groups in total. The molecule has 0 aliphatic heterocycles. The molecule has 0 amide bonds. The van der Waals surface area contributed by atoms with E-state index < -0.39 is 10.0 Å². The summed E-state index contributed by atoms with van der Waals surface area (Å²) < 4.78 is 27.6. The van der Waals surface area contributed by atoms with E-state index in [-0.39, 0.29) is 0 Å². The summed E-state index contributed by atoms with van der Waals surface area (Å²) in [6.07, 6.45) is 0.789. The molecule has 3 nitrogen and oxygen atoms in total. The summed E-state index contributed by atoms with van der Waals surface area (Å²) in [6.45, 7) is 2.94. The van der Waals surface area contributed by atoms with Crippen molar-refractivity contribution in [3.63, 3.8) is 0 Å². The summed E-state index contributed by atoms with van der Waals surface area (Å²) in [5.74, 6) is 0. The minimum absolute atomic E-state index is 0.361. The number of thiophene rings is 1. The monoisotopic (exact) mass is 345 g/mol. The number of rotatable bonds is 6. The first-order valence-electron chi connectivity index (χ1n) is 7.61. The molecule has 0 aliphatic rings. The lowest BCUT2D eigenvalue weighted by atomic mass is 10.1. The second kappa shape index (κ2) is 6.83. The molecule has 1 heterocycles. The zero-order valence-electron chi connectivity index (χ0n) is 13.0. The Morgan fingerprint density at radius 1 is 1.04 bits per heavy atom. The molecular weight excluding hydrogens is 326 g/mol. The van der Waals surface area contributed by atoms with Gasteiger partial charge in [0, 0.05) is 13.1 Å². The number of fused-ring (bicyclic) bond motifs is 1. The molecule has 5 heteroatoms. The van der Waals surface area contributed by atoms with Gasteiger partial charge >= 0.3 is 0 Å². The van der Waals surface area contributed by atoms with Crippen LogP contribution in [0.25, 0.3) is 10.8 Å². The largest absolute Gasteiger partial charge is 0.243 e. The van der Waals surface area contributed by atoms with Gasteiger partial charge in [0.05, 0.1) is 4.90 Å². The van der Waals surface area contributed by atoms with Crippen molar-refractivity contribution < 1.29 is 8.42 Å². The lowest BCUT2D eigenvalue weighted by Crippen LogP contribution is -2.31. The highest BCUT2D eigenvalue weighted by Crippen LogP contribution is 2.23. The van der Waals surface area contributed by atoms with Crippen molar-refractivity contribution in [2.45, 2.75) is 24.8 Å². The second-order valence-corrected chi connectivity index (χ2v) is 8.20. The first-order valence-corrected chi connectivity index (χ1v) is 9.99. The SMILES string of the molecule is CCCN(Cc1ccsc1)S(=O)(=O)c1ccc2ccccc2c1. The molecule has 120 valence electrons. The first-order chi connectivity index (χ1) is 11.1. The van der Waals surface area contributed by atoms with Crippen LogP contribution in [0.1, 0.15) is 18.9 Å². The van der Waals surface area contributed by atoms with Gasteiger partial charge in [-0.25, -0.2) is 8.42 Å². The lowest BCUT2D eigenvalue weighted by Gasteiger charge is -2.21. The third-order valence-electron chi connectivity index (χ3n) is 3.77. The summed E-state index contributed by atoms with van der Waals surface area (Å²) in [7, 11) is -3.49. The van der Waals surface area contributed by atoms with Crippen molar-refractivity contribution in [3.8, 4) is 0 Å². The quantitative estimate of drug-likeness (QED) is 0.659. The minimum atomic E-state index is -3.49. The van der Waals surface area contributed by atoms with Gasteiger partial charge in [0.15, 0.2) is 0 Å². The maximum absolute atomic E-state index is 13.0. The van der Waals surface area contributed by atoms with Gasteiger partial charge in [-0.3, -0.25) is 0 Å². The molecule has 3 rings (SSSR count). The molecule has 23 heavy (non-hydrogen) atoms. The fourth-order valence-electron chi connectivity index (χ4n) is 2.60. The third-order valence-corrected chi connectivity index (χ3v) is 6.34. The van der Waals surface area contributed by atoms with Crippen LogP contribution in [0.4, 0.5) is 0 Å². The highest BCUT2D eigenvalue weighted by atomic mass is 32.2. The average Bonchev–Trinajstić information content (AvgIpc) is 3.07. The zero-order valence-corrected chi connectivity index (χ0v) is 14.6. The summed E-state index contributed by atoms with van der Waals surface area (Å²) in [4.78, 5) is 0.361. The molecule has 0 atom stereocenters. The Balaban J connectivity index is 1.98. The molecule has 0 bridgehead atoms. The van der Waals surface area contributed by atoms with Crippen LogP contribution in [0.2, 0.25) is 0 Å². The van der Waals surface area contributed by atoms with E-state index in [1.165, 1.54) is 0 Å². The Morgan fingerprint density at radius 3 is 2.52 bits per heavy atom. The molecule has 3 aromatic rings. The van der Waals surface area contributed by atoms with Gasteiger partial charge in [0.2, 0.25) is 10.0 Å². The third kappa shape index (κ3) is 3.47. The second-order valence-electron chi connectivity index (χ2n) is 5.48. The van der Waals surface area contributed by atoms with E-state index in [1.54, 1.807) is 27.8 Å². The van der Waals surface area contributed by atoms with Crippen LogP contribution < -0.4 is 0 Å². The van der Waals surface area contributed by atoms with Crippen molar-refractivity contribution in [2.75, 3.05) is 6.54 Å². The van der Waals surface area contributed by atoms with E-state index in [9.17, 15) is 8.42 Å². The Bertz CT molecular complexity index is 886. The van der Waals surface area contributed by atoms with E-state index >= 15 is 0 Å². The van der Waals surface area contributed by atoms with Gasteiger partial charge in [0.25, 0.3) is 0 Å². The topological polar surface area (TPSA) is 37.4 Å². The number of hydrogen-bond donors (Lipinski definition) is 0. The zero-order chi connectivity index (χ0) is 16.3. The van der Waals surface area contributed by atoms with E-state index in [4.69, 9.17) is 0 Å². The van der Waals surface area contributed by atoms with Gasteiger partial charge in [-0.15, -0.1) is 0 Å². The fraction of sp³-hybridized carbons (Fsp3) is 0.222. The van der Waals surface area contributed by atoms with Crippen LogP contribution in [0.3, 0.4) is 0 Å². The molecular formula is C18H19NO2S2. The van der Waals surface area contributed by atoms with E-state index in [0.29, 0.717) is 18.0 Å². The van der Waals surface area contributed by atoms with Crippen LogP contribution in [-0.2, 0) is 16.6 Å². The molecule has 0 saturated heterocycles. The molecule has 0 aliphatic carbocycles. The molecule has 1 aromatic heterocycles. The molecule has 0 unspecified atom stereocenters. The molecule has 0 spiro atoms. The maximum Gasteiger partial charge on any atom is 0.243 e. The van der Waals surface area contributed by atoms with Crippen molar-refractivity contribution >= 4 is 32.1 Å². The van der Waals surface area contributed by atoms with Crippen LogP contribution >= 0.6 is 11.3 Å². The number of nitrogens with zero attached hydrogens (tertiary/aromatic N) is 1. The van der Waals surface area contributed by atoms with Gasteiger partial charge in [0.1, 0.15) is 0 Å². The van der Waals surface area contributed by atoms with E-state index in [2.05, 4.69) is 0 Å². The smallest absolute Gasteiger partial charge is 0.207 e. The van der Waals surface area contributed by atoms with Gasteiger partial charge in [-0.2, -0.15) is 15.6 Å². The maximum atomic E-state index is 13.0. The average molecular weight is 345 g/mol. The highest BCUT2D eigenvalue weighted by Gasteiger charge is 2.24. The Hall–Kier alpha value is -1.69. The summed E-state index contributed by atoms with van der Waals surface area (Å²) in [6, 6.07) is 15.1. The van der Waals surface area contributed by atoms with Crippen LogP contribution in [-0.4, -0.2) is 19.3 Å². The van der Waals surface area contributed by atoms with Crippen molar-refractivity contribution in [2.24, 2.45) is 0 Å². The predicted molar refractivity (Wildman–Crippen MR) is 96.2 cm³/mol. The first kappa shape index (κ1) is 16.2. The molecule has 0 radical (unpaired) electrons. The van der Waals surface area contributed by atoms with Crippen LogP contribution in [0, 0.1) is 0 Å².